The van der Waals surface area contributed by atoms with Gasteiger partial charge in [0.1, 0.15) is 0 Å². The van der Waals surface area contributed by atoms with E-state index in [0.29, 0.717) is 18.1 Å². The molecule has 0 aromatic carbocycles. The van der Waals surface area contributed by atoms with Gasteiger partial charge in [0.05, 0.1) is 24.2 Å². The molecule has 2 unspecified atom stereocenters. The SMILES string of the molecule is CC(C)CNCc1cncn1C1CCOC1C1CC1. The Balaban J connectivity index is 1.65. The van der Waals surface area contributed by atoms with E-state index in [1.807, 2.05) is 12.5 Å². The van der Waals surface area contributed by atoms with Gasteiger partial charge >= 0.3 is 0 Å². The van der Waals surface area contributed by atoms with Crippen LogP contribution in [0.25, 0.3) is 0 Å². The molecule has 0 amide bonds. The maximum absolute atomic E-state index is 5.94. The molecule has 4 nitrogen and oxygen atoms in total. The van der Waals surface area contributed by atoms with E-state index in [2.05, 4.69) is 28.7 Å². The summed E-state index contributed by atoms with van der Waals surface area (Å²) in [6.45, 7) is 7.34. The summed E-state index contributed by atoms with van der Waals surface area (Å²) in [4.78, 5) is 4.35. The number of hydrogen-bond acceptors (Lipinski definition) is 3. The molecule has 0 bridgehead atoms. The summed E-state index contributed by atoms with van der Waals surface area (Å²) >= 11 is 0. The molecule has 1 aromatic rings. The van der Waals surface area contributed by atoms with Gasteiger partial charge in [-0.25, -0.2) is 4.98 Å². The zero-order valence-corrected chi connectivity index (χ0v) is 12.0. The molecule has 1 aliphatic carbocycles. The summed E-state index contributed by atoms with van der Waals surface area (Å²) in [6.07, 6.45) is 8.23. The number of rotatable bonds is 6. The van der Waals surface area contributed by atoms with Crippen molar-refractivity contribution in [3.63, 3.8) is 0 Å². The standard InChI is InChI=1S/C15H25N3O/c1-11(2)7-16-8-13-9-17-10-18(13)14-5-6-19-15(14)12-3-4-12/h9-12,14-16H,3-8H2,1-2H3. The van der Waals surface area contributed by atoms with Gasteiger partial charge in [-0.15, -0.1) is 0 Å². The van der Waals surface area contributed by atoms with Crippen molar-refractivity contribution in [1.29, 1.82) is 0 Å². The lowest BCUT2D eigenvalue weighted by atomic mass is 10.1. The third kappa shape index (κ3) is 3.00. The lowest BCUT2D eigenvalue weighted by molar-refractivity contribution is 0.0745. The van der Waals surface area contributed by atoms with Crippen molar-refractivity contribution in [3.05, 3.63) is 18.2 Å². The van der Waals surface area contributed by atoms with Crippen molar-refractivity contribution < 1.29 is 4.74 Å². The minimum atomic E-state index is 0.429. The van der Waals surface area contributed by atoms with E-state index in [1.54, 1.807) is 0 Å². The summed E-state index contributed by atoms with van der Waals surface area (Å²) in [5.74, 6) is 1.48. The van der Waals surface area contributed by atoms with Crippen LogP contribution in [0.4, 0.5) is 0 Å². The van der Waals surface area contributed by atoms with Crippen molar-refractivity contribution >= 4 is 0 Å². The largest absolute Gasteiger partial charge is 0.376 e. The first-order chi connectivity index (χ1) is 9.25. The normalized spacial score (nSPS) is 27.3. The summed E-state index contributed by atoms with van der Waals surface area (Å²) in [6, 6.07) is 0.505. The van der Waals surface area contributed by atoms with Crippen LogP contribution in [0.15, 0.2) is 12.5 Å². The highest BCUT2D eigenvalue weighted by Gasteiger charge is 2.41. The minimum Gasteiger partial charge on any atom is -0.376 e. The molecular weight excluding hydrogens is 238 g/mol. The van der Waals surface area contributed by atoms with E-state index >= 15 is 0 Å². The first-order valence-corrected chi connectivity index (χ1v) is 7.58. The zero-order chi connectivity index (χ0) is 13.2. The molecule has 1 aliphatic heterocycles. The predicted octanol–water partition coefficient (Wildman–Crippen LogP) is 2.37. The fraction of sp³-hybridized carbons (Fsp3) is 0.800. The van der Waals surface area contributed by atoms with Crippen LogP contribution in [0.3, 0.4) is 0 Å². The molecule has 19 heavy (non-hydrogen) atoms. The molecule has 1 aromatic heterocycles. The summed E-state index contributed by atoms with van der Waals surface area (Å²) in [5.41, 5.74) is 1.29. The van der Waals surface area contributed by atoms with Gasteiger partial charge in [-0.2, -0.15) is 0 Å². The Kier molecular flexibility index (Phi) is 3.89. The maximum atomic E-state index is 5.94. The third-order valence-corrected chi connectivity index (χ3v) is 4.15. The maximum Gasteiger partial charge on any atom is 0.0952 e. The van der Waals surface area contributed by atoms with E-state index in [1.165, 1.54) is 18.5 Å². The van der Waals surface area contributed by atoms with Gasteiger partial charge in [-0.1, -0.05) is 13.8 Å². The lowest BCUT2D eigenvalue weighted by Crippen LogP contribution is -2.26. The van der Waals surface area contributed by atoms with Gasteiger partial charge in [-0.05, 0) is 37.6 Å². The summed E-state index contributed by atoms with van der Waals surface area (Å²) < 4.78 is 8.29. The predicted molar refractivity (Wildman–Crippen MR) is 74.9 cm³/mol. The lowest BCUT2D eigenvalue weighted by Gasteiger charge is -2.22. The second kappa shape index (κ2) is 5.63. The Morgan fingerprint density at radius 3 is 3.00 bits per heavy atom. The van der Waals surface area contributed by atoms with Crippen LogP contribution in [0.1, 0.15) is 44.8 Å². The quantitative estimate of drug-likeness (QED) is 0.856. The fourth-order valence-corrected chi connectivity index (χ4v) is 3.03. The van der Waals surface area contributed by atoms with Crippen molar-refractivity contribution in [3.8, 4) is 0 Å². The minimum absolute atomic E-state index is 0.429. The van der Waals surface area contributed by atoms with E-state index in [4.69, 9.17) is 4.74 Å². The number of hydrogen-bond donors (Lipinski definition) is 1. The Morgan fingerprint density at radius 2 is 2.26 bits per heavy atom. The van der Waals surface area contributed by atoms with Crippen LogP contribution in [0, 0.1) is 11.8 Å². The van der Waals surface area contributed by atoms with E-state index < -0.39 is 0 Å². The van der Waals surface area contributed by atoms with Gasteiger partial charge in [0.2, 0.25) is 0 Å². The molecule has 2 fully saturated rings. The monoisotopic (exact) mass is 263 g/mol. The number of nitrogens with one attached hydrogen (secondary N) is 1. The molecule has 2 heterocycles. The van der Waals surface area contributed by atoms with Gasteiger partial charge in [0.15, 0.2) is 0 Å². The molecule has 4 heteroatoms. The van der Waals surface area contributed by atoms with Gasteiger partial charge in [0, 0.05) is 19.3 Å². The zero-order valence-electron chi connectivity index (χ0n) is 12.0. The Labute approximate surface area is 115 Å². The van der Waals surface area contributed by atoms with Crippen LogP contribution in [0.5, 0.6) is 0 Å². The first-order valence-electron chi connectivity index (χ1n) is 7.58. The molecule has 106 valence electrons. The van der Waals surface area contributed by atoms with Crippen molar-refractivity contribution in [2.24, 2.45) is 11.8 Å². The van der Waals surface area contributed by atoms with Gasteiger partial charge < -0.3 is 14.6 Å². The summed E-state index contributed by atoms with van der Waals surface area (Å²) in [7, 11) is 0. The van der Waals surface area contributed by atoms with Gasteiger partial charge in [0.25, 0.3) is 0 Å². The molecule has 3 rings (SSSR count). The van der Waals surface area contributed by atoms with E-state index in [9.17, 15) is 0 Å². The molecule has 1 saturated heterocycles. The van der Waals surface area contributed by atoms with Crippen LogP contribution >= 0.6 is 0 Å². The molecule has 1 saturated carbocycles. The first kappa shape index (κ1) is 13.1. The van der Waals surface area contributed by atoms with Crippen molar-refractivity contribution in [1.82, 2.24) is 14.9 Å². The van der Waals surface area contributed by atoms with Crippen LogP contribution in [-0.2, 0) is 11.3 Å². The average Bonchev–Trinajstić information content (AvgIpc) is 2.93. The fourth-order valence-electron chi connectivity index (χ4n) is 3.03. The molecule has 2 aliphatic rings. The smallest absolute Gasteiger partial charge is 0.0952 e. The molecule has 1 N–H and O–H groups in total. The topological polar surface area (TPSA) is 39.1 Å². The Bertz CT molecular complexity index is 411. The molecular formula is C15H25N3O. The second-order valence-electron chi connectivity index (χ2n) is 6.35. The van der Waals surface area contributed by atoms with E-state index in [-0.39, 0.29) is 0 Å². The van der Waals surface area contributed by atoms with Gasteiger partial charge in [-0.3, -0.25) is 0 Å². The third-order valence-electron chi connectivity index (χ3n) is 4.15. The second-order valence-corrected chi connectivity index (χ2v) is 6.35. The highest BCUT2D eigenvalue weighted by atomic mass is 16.5. The van der Waals surface area contributed by atoms with Crippen LogP contribution < -0.4 is 5.32 Å². The van der Waals surface area contributed by atoms with Crippen LogP contribution in [-0.4, -0.2) is 28.8 Å². The molecule has 0 radical (unpaired) electrons. The Hall–Kier alpha value is -0.870. The van der Waals surface area contributed by atoms with Crippen molar-refractivity contribution in [2.75, 3.05) is 13.2 Å². The van der Waals surface area contributed by atoms with Crippen molar-refractivity contribution in [2.45, 2.75) is 51.8 Å². The molecule has 0 spiro atoms. The summed E-state index contributed by atoms with van der Waals surface area (Å²) in [5, 5.41) is 3.51. The van der Waals surface area contributed by atoms with E-state index in [0.717, 1.165) is 32.0 Å². The highest BCUT2D eigenvalue weighted by Crippen LogP contribution is 2.43. The Morgan fingerprint density at radius 1 is 1.42 bits per heavy atom. The highest BCUT2D eigenvalue weighted by molar-refractivity contribution is 5.04. The molecule has 2 atom stereocenters. The van der Waals surface area contributed by atoms with Crippen LogP contribution in [0.2, 0.25) is 0 Å². The number of ether oxygens (including phenoxy) is 1. The number of aromatic nitrogens is 2. The average molecular weight is 263 g/mol. The number of imidazole rings is 1. The number of nitrogens with zero attached hydrogens (tertiary/aromatic N) is 2.